The topological polar surface area (TPSA) is 37.0 Å². The molecule has 2 aromatic carbocycles. The molecule has 0 atom stereocenters. The fraction of sp³-hybridized carbons (Fsp3) is 0.462. The molecule has 0 unspecified atom stereocenters. The van der Waals surface area contributed by atoms with E-state index in [1.165, 1.54) is 33.9 Å². The van der Waals surface area contributed by atoms with Crippen LogP contribution in [0.5, 0.6) is 0 Å². The lowest BCUT2D eigenvalue weighted by Gasteiger charge is -2.28. The van der Waals surface area contributed by atoms with Gasteiger partial charge in [0.2, 0.25) is 0 Å². The Morgan fingerprint density at radius 2 is 1.28 bits per heavy atom. The maximum atomic E-state index is 3.16. The summed E-state index contributed by atoms with van der Waals surface area (Å²) in [6, 6.07) is 17.4. The molecule has 6 heteroatoms. The minimum atomic E-state index is 0.267. The van der Waals surface area contributed by atoms with Crippen LogP contribution >= 0.6 is 0 Å². The first kappa shape index (κ1) is 25.6. The third kappa shape index (κ3) is 5.96. The molecular formula is C26H42N6. The second kappa shape index (κ2) is 11.8. The SMILES string of the molecule is CN(C)c1ccc(C2N(C)c3ccccc3N2C)cc1.CNCC(CNC)=C(C)N(C)C. The molecule has 1 heterocycles. The number of benzene rings is 2. The predicted molar refractivity (Wildman–Crippen MR) is 141 cm³/mol. The number of para-hydroxylation sites is 2. The lowest BCUT2D eigenvalue weighted by atomic mass is 10.1. The van der Waals surface area contributed by atoms with E-state index in [2.05, 4.69) is 128 Å². The summed E-state index contributed by atoms with van der Waals surface area (Å²) >= 11 is 0. The quantitative estimate of drug-likeness (QED) is 0.688. The number of fused-ring (bicyclic) bond motifs is 1. The van der Waals surface area contributed by atoms with Crippen molar-refractivity contribution in [1.29, 1.82) is 0 Å². The highest BCUT2D eigenvalue weighted by molar-refractivity contribution is 5.77. The van der Waals surface area contributed by atoms with Gasteiger partial charge in [0.25, 0.3) is 0 Å². The van der Waals surface area contributed by atoms with E-state index in [-0.39, 0.29) is 6.17 Å². The fourth-order valence-electron chi connectivity index (χ4n) is 4.04. The first-order chi connectivity index (χ1) is 15.2. The molecule has 0 aromatic heterocycles. The molecule has 0 radical (unpaired) electrons. The van der Waals surface area contributed by atoms with E-state index in [4.69, 9.17) is 0 Å². The maximum Gasteiger partial charge on any atom is 0.128 e. The van der Waals surface area contributed by atoms with Crippen molar-refractivity contribution in [2.75, 3.05) is 84.2 Å². The van der Waals surface area contributed by atoms with Crippen LogP contribution in [-0.2, 0) is 0 Å². The Morgan fingerprint density at radius 3 is 1.66 bits per heavy atom. The van der Waals surface area contributed by atoms with E-state index >= 15 is 0 Å². The second-order valence-electron chi connectivity index (χ2n) is 8.71. The van der Waals surface area contributed by atoms with Gasteiger partial charge in [-0.25, -0.2) is 0 Å². The van der Waals surface area contributed by atoms with Crippen LogP contribution in [0.3, 0.4) is 0 Å². The van der Waals surface area contributed by atoms with Crippen LogP contribution in [-0.4, -0.2) is 74.4 Å². The van der Waals surface area contributed by atoms with Crippen LogP contribution in [0.1, 0.15) is 18.7 Å². The van der Waals surface area contributed by atoms with Gasteiger partial charge in [0.1, 0.15) is 6.17 Å². The zero-order valence-corrected chi connectivity index (χ0v) is 21.4. The number of hydrogen-bond donors (Lipinski definition) is 2. The van der Waals surface area contributed by atoms with Crippen LogP contribution in [0.4, 0.5) is 17.1 Å². The largest absolute Gasteiger partial charge is 0.381 e. The zero-order chi connectivity index (χ0) is 23.8. The lowest BCUT2D eigenvalue weighted by Crippen LogP contribution is -2.30. The Bertz CT molecular complexity index is 835. The third-order valence-electron chi connectivity index (χ3n) is 6.05. The van der Waals surface area contributed by atoms with Crippen molar-refractivity contribution in [3.05, 3.63) is 65.4 Å². The molecule has 3 rings (SSSR count). The van der Waals surface area contributed by atoms with Crippen LogP contribution in [0.25, 0.3) is 0 Å². The van der Waals surface area contributed by atoms with Gasteiger partial charge in [-0.15, -0.1) is 0 Å². The normalized spacial score (nSPS) is 12.8. The molecule has 2 N–H and O–H groups in total. The minimum Gasteiger partial charge on any atom is -0.381 e. The molecule has 1 aliphatic heterocycles. The van der Waals surface area contributed by atoms with E-state index in [0.717, 1.165) is 13.1 Å². The summed E-state index contributed by atoms with van der Waals surface area (Å²) in [5, 5.41) is 6.33. The number of likely N-dealkylation sites (N-methyl/N-ethyl adjacent to an activating group) is 2. The van der Waals surface area contributed by atoms with Crippen molar-refractivity contribution in [1.82, 2.24) is 15.5 Å². The molecule has 0 fully saturated rings. The minimum absolute atomic E-state index is 0.267. The van der Waals surface area contributed by atoms with Gasteiger partial charge in [-0.2, -0.15) is 0 Å². The standard InChI is InChI=1S/C17H21N3.C9H21N3/c1-18(2)14-11-9-13(10-12-14)17-19(3)15-7-5-6-8-16(15)20(17)4;1-8(12(4)5)9(6-10-2)7-11-3/h5-12,17H,1-4H3;10-11H,6-7H2,1-5H3. The van der Waals surface area contributed by atoms with Crippen molar-refractivity contribution in [2.24, 2.45) is 0 Å². The van der Waals surface area contributed by atoms with E-state index in [1.807, 2.05) is 14.1 Å². The number of allylic oxidation sites excluding steroid dienone is 1. The molecule has 0 saturated carbocycles. The van der Waals surface area contributed by atoms with Gasteiger partial charge in [-0.05, 0) is 56.4 Å². The van der Waals surface area contributed by atoms with Crippen LogP contribution < -0.4 is 25.3 Å². The first-order valence-corrected chi connectivity index (χ1v) is 11.2. The number of nitrogens with zero attached hydrogens (tertiary/aromatic N) is 4. The number of anilines is 3. The van der Waals surface area contributed by atoms with Gasteiger partial charge < -0.3 is 30.2 Å². The van der Waals surface area contributed by atoms with E-state index in [1.54, 1.807) is 0 Å². The highest BCUT2D eigenvalue weighted by Gasteiger charge is 2.31. The zero-order valence-electron chi connectivity index (χ0n) is 21.4. The van der Waals surface area contributed by atoms with Crippen molar-refractivity contribution >= 4 is 17.1 Å². The van der Waals surface area contributed by atoms with Gasteiger partial charge in [0.05, 0.1) is 11.4 Å². The summed E-state index contributed by atoms with van der Waals surface area (Å²) in [7, 11) is 16.5. The third-order valence-corrected chi connectivity index (χ3v) is 6.05. The van der Waals surface area contributed by atoms with Crippen LogP contribution in [0, 0.1) is 0 Å². The first-order valence-electron chi connectivity index (χ1n) is 11.2. The number of rotatable bonds is 7. The second-order valence-corrected chi connectivity index (χ2v) is 8.71. The molecule has 0 spiro atoms. The molecular weight excluding hydrogens is 396 g/mol. The summed E-state index contributed by atoms with van der Waals surface area (Å²) in [5.74, 6) is 0. The van der Waals surface area contributed by atoms with Crippen molar-refractivity contribution in [3.8, 4) is 0 Å². The van der Waals surface area contributed by atoms with Gasteiger partial charge in [-0.1, -0.05) is 24.3 Å². The summed E-state index contributed by atoms with van der Waals surface area (Å²) in [6.45, 7) is 4.04. The maximum absolute atomic E-state index is 3.16. The summed E-state index contributed by atoms with van der Waals surface area (Å²) in [5.41, 5.74) is 7.86. The average Bonchev–Trinajstić information content (AvgIpc) is 3.04. The number of hydrogen-bond acceptors (Lipinski definition) is 6. The summed E-state index contributed by atoms with van der Waals surface area (Å²) < 4.78 is 0. The lowest BCUT2D eigenvalue weighted by molar-refractivity contribution is 0.500. The Labute approximate surface area is 195 Å². The van der Waals surface area contributed by atoms with Gasteiger partial charge in [0.15, 0.2) is 0 Å². The van der Waals surface area contributed by atoms with E-state index in [0.29, 0.717) is 0 Å². The van der Waals surface area contributed by atoms with Crippen molar-refractivity contribution in [3.63, 3.8) is 0 Å². The van der Waals surface area contributed by atoms with Gasteiger partial charge in [-0.3, -0.25) is 0 Å². The Kier molecular flexibility index (Phi) is 9.42. The predicted octanol–water partition coefficient (Wildman–Crippen LogP) is 3.60. The highest BCUT2D eigenvalue weighted by Crippen LogP contribution is 2.44. The van der Waals surface area contributed by atoms with E-state index in [9.17, 15) is 0 Å². The van der Waals surface area contributed by atoms with Gasteiger partial charge >= 0.3 is 0 Å². The molecule has 0 bridgehead atoms. The molecule has 0 saturated heterocycles. The van der Waals surface area contributed by atoms with E-state index < -0.39 is 0 Å². The fourth-order valence-corrected chi connectivity index (χ4v) is 4.04. The Balaban J connectivity index is 0.000000262. The van der Waals surface area contributed by atoms with Crippen LogP contribution in [0.15, 0.2) is 59.8 Å². The van der Waals surface area contributed by atoms with Crippen molar-refractivity contribution in [2.45, 2.75) is 13.1 Å². The smallest absolute Gasteiger partial charge is 0.128 e. The summed E-state index contributed by atoms with van der Waals surface area (Å²) in [4.78, 5) is 8.94. The summed E-state index contributed by atoms with van der Waals surface area (Å²) in [6.07, 6.45) is 0.267. The Hall–Kier alpha value is -2.70. The molecule has 0 aliphatic carbocycles. The molecule has 2 aromatic rings. The highest BCUT2D eigenvalue weighted by atomic mass is 15.4. The monoisotopic (exact) mass is 438 g/mol. The molecule has 176 valence electrons. The van der Waals surface area contributed by atoms with Gasteiger partial charge in [0, 0.05) is 66.8 Å². The van der Waals surface area contributed by atoms with Crippen LogP contribution in [0.2, 0.25) is 0 Å². The average molecular weight is 439 g/mol. The molecule has 0 amide bonds. The molecule has 32 heavy (non-hydrogen) atoms. The molecule has 6 nitrogen and oxygen atoms in total. The molecule has 1 aliphatic rings. The number of nitrogens with one attached hydrogen (secondary N) is 2. The van der Waals surface area contributed by atoms with Crippen molar-refractivity contribution < 1.29 is 0 Å². The Morgan fingerprint density at radius 1 is 0.812 bits per heavy atom.